The molecule has 164 valence electrons. The molecule has 0 spiro atoms. The number of hydrogen-bond donors (Lipinski definition) is 1. The molecule has 2 rings (SSSR count). The second-order valence-electron chi connectivity index (χ2n) is 5.69. The summed E-state index contributed by atoms with van der Waals surface area (Å²) in [5, 5.41) is 2.20. The summed E-state index contributed by atoms with van der Waals surface area (Å²) in [6, 6.07) is 5.55. The van der Waals surface area contributed by atoms with Gasteiger partial charge in [-0.25, -0.2) is 4.98 Å². The van der Waals surface area contributed by atoms with Crippen LogP contribution in [-0.2, 0) is 6.54 Å². The number of rotatable bonds is 5. The average molecular weight is 461 g/mol. The first-order valence-electron chi connectivity index (χ1n) is 9.93. The third-order valence-electron chi connectivity index (χ3n) is 3.14. The van der Waals surface area contributed by atoms with Crippen LogP contribution >= 0.6 is 34.8 Å². The molecule has 0 aliphatic carbocycles. The number of aromatic nitrogens is 2. The van der Waals surface area contributed by atoms with Gasteiger partial charge in [-0.05, 0) is 57.0 Å². The van der Waals surface area contributed by atoms with E-state index in [1.807, 2.05) is 63.6 Å². The number of halogens is 3. The summed E-state index contributed by atoms with van der Waals surface area (Å²) in [7, 11) is 0. The highest BCUT2D eigenvalue weighted by Crippen LogP contribution is 2.19. The zero-order valence-corrected chi connectivity index (χ0v) is 20.8. The van der Waals surface area contributed by atoms with E-state index in [-0.39, 0.29) is 0 Å². The highest BCUT2D eigenvalue weighted by atomic mass is 35.5. The Morgan fingerprint density at radius 2 is 1.66 bits per heavy atom. The molecule has 0 amide bonds. The fourth-order valence-corrected chi connectivity index (χ4v) is 2.62. The van der Waals surface area contributed by atoms with Crippen molar-refractivity contribution in [1.29, 1.82) is 0 Å². The molecule has 29 heavy (non-hydrogen) atoms. The largest absolute Gasteiger partial charge is 0.331 e. The lowest BCUT2D eigenvalue weighted by Gasteiger charge is -2.06. The van der Waals surface area contributed by atoms with E-state index in [4.69, 9.17) is 40.5 Å². The Morgan fingerprint density at radius 3 is 2.07 bits per heavy atom. The molecular weight excluding hydrogens is 425 g/mol. The lowest BCUT2D eigenvalue weighted by molar-refractivity contribution is 0.762. The lowest BCUT2D eigenvalue weighted by Crippen LogP contribution is -2.00. The number of hydrogen-bond acceptors (Lipinski definition) is 2. The summed E-state index contributed by atoms with van der Waals surface area (Å²) in [5.41, 5.74) is 5.92. The predicted molar refractivity (Wildman–Crippen MR) is 132 cm³/mol. The number of imidazole rings is 1. The van der Waals surface area contributed by atoms with Gasteiger partial charge in [0.05, 0.1) is 0 Å². The maximum atomic E-state index is 5.92. The standard InChI is InChI=1S/C11H10Cl2N2.C8H13Cl.C2H7N.C2H6/c1-8-14-2-3-15(8)7-9-4-10(12)6-11(13)5-9;1-3-4-5-6-7-8(2)9;1-2-3;1-2/h2-6H,7H2,1H3;4-5,7H,3,6H2,1-2H3;2-3H2,1H3;1-2H3/b;5-4-,8-7+;;. The quantitative estimate of drug-likeness (QED) is 0.459. The van der Waals surface area contributed by atoms with Crippen LogP contribution in [0.25, 0.3) is 0 Å². The summed E-state index contributed by atoms with van der Waals surface area (Å²) < 4.78 is 2.04. The van der Waals surface area contributed by atoms with Gasteiger partial charge in [0.15, 0.2) is 0 Å². The first kappa shape index (κ1) is 29.9. The Kier molecular flexibility index (Phi) is 20.7. The lowest BCUT2D eigenvalue weighted by atomic mass is 10.2. The second kappa shape index (κ2) is 20.0. The number of nitrogens with zero attached hydrogens (tertiary/aromatic N) is 2. The third-order valence-corrected chi connectivity index (χ3v) is 3.73. The van der Waals surface area contributed by atoms with Gasteiger partial charge in [0, 0.05) is 34.0 Å². The molecule has 0 aliphatic heterocycles. The molecule has 1 aromatic heterocycles. The van der Waals surface area contributed by atoms with Crippen LogP contribution in [0.5, 0.6) is 0 Å². The van der Waals surface area contributed by atoms with Crippen molar-refractivity contribution in [3.63, 3.8) is 0 Å². The van der Waals surface area contributed by atoms with Crippen molar-refractivity contribution in [2.24, 2.45) is 5.73 Å². The second-order valence-corrected chi connectivity index (χ2v) is 7.16. The Balaban J connectivity index is 0. The van der Waals surface area contributed by atoms with Crippen LogP contribution in [0, 0.1) is 6.92 Å². The minimum absolute atomic E-state index is 0.662. The third kappa shape index (κ3) is 17.3. The van der Waals surface area contributed by atoms with Crippen LogP contribution in [0.1, 0.15) is 58.8 Å². The SMILES string of the molecule is CC.CC/C=C\C/C=C(\C)Cl.CCN.Cc1nccn1Cc1cc(Cl)cc(Cl)c1. The maximum Gasteiger partial charge on any atom is 0.105 e. The monoisotopic (exact) mass is 459 g/mol. The van der Waals surface area contributed by atoms with Crippen molar-refractivity contribution in [3.05, 3.63) is 75.3 Å². The number of benzene rings is 1. The average Bonchev–Trinajstić information content (AvgIpc) is 3.05. The number of nitrogens with two attached hydrogens (primary N) is 1. The molecule has 0 bridgehead atoms. The Hall–Kier alpha value is -1.26. The van der Waals surface area contributed by atoms with E-state index >= 15 is 0 Å². The van der Waals surface area contributed by atoms with E-state index < -0.39 is 0 Å². The molecule has 2 N–H and O–H groups in total. The molecule has 0 aliphatic rings. The van der Waals surface area contributed by atoms with E-state index in [2.05, 4.69) is 24.1 Å². The Morgan fingerprint density at radius 1 is 1.10 bits per heavy atom. The van der Waals surface area contributed by atoms with E-state index in [1.54, 1.807) is 12.3 Å². The molecule has 6 heteroatoms. The first-order chi connectivity index (χ1) is 13.8. The van der Waals surface area contributed by atoms with Crippen molar-refractivity contribution < 1.29 is 0 Å². The number of allylic oxidation sites excluding steroid dienone is 4. The van der Waals surface area contributed by atoms with E-state index in [0.29, 0.717) is 10.0 Å². The summed E-state index contributed by atoms with van der Waals surface area (Å²) in [6.45, 7) is 13.4. The van der Waals surface area contributed by atoms with Crippen LogP contribution in [-0.4, -0.2) is 16.1 Å². The van der Waals surface area contributed by atoms with Gasteiger partial charge in [-0.15, -0.1) is 0 Å². The van der Waals surface area contributed by atoms with Crippen molar-refractivity contribution in [1.82, 2.24) is 9.55 Å². The molecule has 0 saturated carbocycles. The summed E-state index contributed by atoms with van der Waals surface area (Å²) in [6.07, 6.45) is 12.0. The molecule has 0 radical (unpaired) electrons. The molecule has 0 fully saturated rings. The van der Waals surface area contributed by atoms with Crippen molar-refractivity contribution in [3.8, 4) is 0 Å². The van der Waals surface area contributed by atoms with Crippen LogP contribution in [0.2, 0.25) is 10.0 Å². The fraction of sp³-hybridized carbons (Fsp3) is 0.435. The van der Waals surface area contributed by atoms with E-state index in [0.717, 1.165) is 42.4 Å². The number of aryl methyl sites for hydroxylation is 1. The summed E-state index contributed by atoms with van der Waals surface area (Å²) in [4.78, 5) is 4.15. The fourth-order valence-electron chi connectivity index (χ4n) is 1.96. The molecule has 0 atom stereocenters. The van der Waals surface area contributed by atoms with E-state index in [1.165, 1.54) is 0 Å². The van der Waals surface area contributed by atoms with Gasteiger partial charge in [0.25, 0.3) is 0 Å². The van der Waals surface area contributed by atoms with Crippen molar-refractivity contribution in [2.45, 2.75) is 60.9 Å². The van der Waals surface area contributed by atoms with Crippen molar-refractivity contribution in [2.75, 3.05) is 6.54 Å². The Bertz CT molecular complexity index is 683. The zero-order chi connectivity index (χ0) is 22.7. The van der Waals surface area contributed by atoms with Gasteiger partial charge in [0.2, 0.25) is 0 Å². The molecule has 0 saturated heterocycles. The van der Waals surface area contributed by atoms with Gasteiger partial charge < -0.3 is 10.3 Å². The molecule has 1 aromatic carbocycles. The van der Waals surface area contributed by atoms with Gasteiger partial charge in [0.1, 0.15) is 5.82 Å². The Labute approximate surface area is 192 Å². The summed E-state index contributed by atoms with van der Waals surface area (Å²) >= 11 is 17.4. The van der Waals surface area contributed by atoms with Gasteiger partial charge in [-0.2, -0.15) is 0 Å². The molecule has 0 unspecified atom stereocenters. The van der Waals surface area contributed by atoms with Crippen LogP contribution in [0.3, 0.4) is 0 Å². The van der Waals surface area contributed by atoms with E-state index in [9.17, 15) is 0 Å². The van der Waals surface area contributed by atoms with Crippen molar-refractivity contribution >= 4 is 34.8 Å². The molecular formula is C23H36Cl3N3. The van der Waals surface area contributed by atoms with Gasteiger partial charge >= 0.3 is 0 Å². The van der Waals surface area contributed by atoms with Crippen LogP contribution in [0.4, 0.5) is 0 Å². The predicted octanol–water partition coefficient (Wildman–Crippen LogP) is 8.02. The summed E-state index contributed by atoms with van der Waals surface area (Å²) in [5.74, 6) is 0.978. The maximum absolute atomic E-state index is 5.92. The first-order valence-corrected chi connectivity index (χ1v) is 11.1. The highest BCUT2D eigenvalue weighted by Gasteiger charge is 2.01. The van der Waals surface area contributed by atoms with Gasteiger partial charge in [-0.3, -0.25) is 0 Å². The van der Waals surface area contributed by atoms with Crippen LogP contribution in [0.15, 0.2) is 53.9 Å². The molecule has 2 aromatic rings. The van der Waals surface area contributed by atoms with Crippen LogP contribution < -0.4 is 5.73 Å². The van der Waals surface area contributed by atoms with Gasteiger partial charge in [-0.1, -0.05) is 80.7 Å². The minimum Gasteiger partial charge on any atom is -0.331 e. The normalized spacial score (nSPS) is 10.3. The molecule has 3 nitrogen and oxygen atoms in total. The minimum atomic E-state index is 0.662. The molecule has 1 heterocycles. The topological polar surface area (TPSA) is 43.8 Å². The smallest absolute Gasteiger partial charge is 0.105 e. The zero-order valence-electron chi connectivity index (χ0n) is 18.6. The highest BCUT2D eigenvalue weighted by molar-refractivity contribution is 6.34.